The van der Waals surface area contributed by atoms with E-state index in [-0.39, 0.29) is 5.91 Å². The number of carbonyl (C=O) groups excluding carboxylic acids is 1. The Balaban J connectivity index is 1.54. The molecular formula is C23H25N3O. The third-order valence-corrected chi connectivity index (χ3v) is 5.34. The van der Waals surface area contributed by atoms with Crippen LogP contribution in [-0.2, 0) is 0 Å². The zero-order chi connectivity index (χ0) is 19.0. The monoisotopic (exact) mass is 359 g/mol. The average Bonchev–Trinajstić information content (AvgIpc) is 2.68. The lowest BCUT2D eigenvalue weighted by Gasteiger charge is -2.36. The number of pyridine rings is 1. The molecule has 2 heterocycles. The van der Waals surface area contributed by atoms with Gasteiger partial charge in [-0.2, -0.15) is 0 Å². The van der Waals surface area contributed by atoms with Gasteiger partial charge in [-0.3, -0.25) is 4.79 Å². The maximum atomic E-state index is 12.7. The maximum Gasteiger partial charge on any atom is 0.253 e. The molecule has 2 aromatic carbocycles. The highest BCUT2D eigenvalue weighted by molar-refractivity contribution is 5.94. The van der Waals surface area contributed by atoms with Gasteiger partial charge in [0.15, 0.2) is 0 Å². The van der Waals surface area contributed by atoms with Gasteiger partial charge in [-0.15, -0.1) is 0 Å². The molecule has 0 radical (unpaired) electrons. The molecule has 0 N–H and O–H groups in total. The summed E-state index contributed by atoms with van der Waals surface area (Å²) in [6.45, 7) is 9.44. The molecule has 4 rings (SSSR count). The normalized spacial score (nSPS) is 14.6. The molecule has 0 unspecified atom stereocenters. The van der Waals surface area contributed by atoms with Gasteiger partial charge >= 0.3 is 0 Å². The number of fused-ring (bicyclic) bond motifs is 1. The Kier molecular flexibility index (Phi) is 4.56. The van der Waals surface area contributed by atoms with Crippen LogP contribution in [-0.4, -0.2) is 42.0 Å². The molecule has 4 heteroatoms. The summed E-state index contributed by atoms with van der Waals surface area (Å²) in [6, 6.07) is 16.1. The fourth-order valence-corrected chi connectivity index (χ4v) is 3.92. The number of aromatic nitrogens is 1. The summed E-state index contributed by atoms with van der Waals surface area (Å²) in [5.74, 6) is 1.16. The van der Waals surface area contributed by atoms with E-state index in [2.05, 4.69) is 43.9 Å². The van der Waals surface area contributed by atoms with Crippen LogP contribution in [0.25, 0.3) is 10.9 Å². The second-order valence-corrected chi connectivity index (χ2v) is 7.42. The van der Waals surface area contributed by atoms with E-state index in [0.29, 0.717) is 0 Å². The molecule has 1 fully saturated rings. The molecule has 27 heavy (non-hydrogen) atoms. The SMILES string of the molecule is Cc1cc(C)c2cc(C)c(N3CCN(C(=O)c4ccccc4)CC3)nc2c1. The van der Waals surface area contributed by atoms with Crippen molar-refractivity contribution < 1.29 is 4.79 Å². The summed E-state index contributed by atoms with van der Waals surface area (Å²) in [5.41, 5.74) is 5.51. The van der Waals surface area contributed by atoms with Gasteiger partial charge in [-0.1, -0.05) is 24.3 Å². The number of carbonyl (C=O) groups is 1. The lowest BCUT2D eigenvalue weighted by atomic mass is 10.0. The predicted octanol–water partition coefficient (Wildman–Crippen LogP) is 4.12. The van der Waals surface area contributed by atoms with Crippen molar-refractivity contribution in [3.63, 3.8) is 0 Å². The van der Waals surface area contributed by atoms with Gasteiger partial charge in [0.05, 0.1) is 5.52 Å². The minimum atomic E-state index is 0.115. The van der Waals surface area contributed by atoms with Crippen LogP contribution in [0.4, 0.5) is 5.82 Å². The van der Waals surface area contributed by atoms with Crippen LogP contribution in [0.15, 0.2) is 48.5 Å². The van der Waals surface area contributed by atoms with Gasteiger partial charge in [0, 0.05) is 37.1 Å². The number of hydrogen-bond acceptors (Lipinski definition) is 3. The Labute approximate surface area is 160 Å². The van der Waals surface area contributed by atoms with Gasteiger partial charge in [0.25, 0.3) is 5.91 Å². The lowest BCUT2D eigenvalue weighted by Crippen LogP contribution is -2.49. The van der Waals surface area contributed by atoms with E-state index < -0.39 is 0 Å². The number of piperazine rings is 1. The van der Waals surface area contributed by atoms with Crippen molar-refractivity contribution >= 4 is 22.6 Å². The maximum absolute atomic E-state index is 12.7. The van der Waals surface area contributed by atoms with Crippen LogP contribution in [0, 0.1) is 20.8 Å². The minimum absolute atomic E-state index is 0.115. The summed E-state index contributed by atoms with van der Waals surface area (Å²) in [5, 5.41) is 1.22. The molecule has 0 spiro atoms. The topological polar surface area (TPSA) is 36.4 Å². The third-order valence-electron chi connectivity index (χ3n) is 5.34. The average molecular weight is 359 g/mol. The largest absolute Gasteiger partial charge is 0.353 e. The number of anilines is 1. The molecule has 0 aliphatic carbocycles. The Hall–Kier alpha value is -2.88. The number of amides is 1. The third kappa shape index (κ3) is 3.39. The summed E-state index contributed by atoms with van der Waals surface area (Å²) in [7, 11) is 0. The molecule has 3 aromatic rings. The molecule has 0 bridgehead atoms. The lowest BCUT2D eigenvalue weighted by molar-refractivity contribution is 0.0746. The van der Waals surface area contributed by atoms with E-state index >= 15 is 0 Å². The second-order valence-electron chi connectivity index (χ2n) is 7.42. The Morgan fingerprint density at radius 2 is 1.59 bits per heavy atom. The van der Waals surface area contributed by atoms with E-state index in [1.54, 1.807) is 0 Å². The molecule has 138 valence electrons. The van der Waals surface area contributed by atoms with E-state index in [1.807, 2.05) is 35.2 Å². The van der Waals surface area contributed by atoms with E-state index in [1.165, 1.54) is 22.1 Å². The van der Waals surface area contributed by atoms with Gasteiger partial charge in [0.2, 0.25) is 0 Å². The van der Waals surface area contributed by atoms with Crippen molar-refractivity contribution in [1.82, 2.24) is 9.88 Å². The van der Waals surface area contributed by atoms with Gasteiger partial charge < -0.3 is 9.80 Å². The standard InChI is InChI=1S/C23H25N3O/c1-16-13-17(2)20-15-18(3)22(24-21(20)14-16)25-9-11-26(12-10-25)23(27)19-7-5-4-6-8-19/h4-8,13-15H,9-12H2,1-3H3. The quantitative estimate of drug-likeness (QED) is 0.690. The van der Waals surface area contributed by atoms with Gasteiger partial charge in [-0.05, 0) is 61.7 Å². The van der Waals surface area contributed by atoms with Crippen LogP contribution in [0.5, 0.6) is 0 Å². The zero-order valence-corrected chi connectivity index (χ0v) is 16.2. The first kappa shape index (κ1) is 17.5. The number of hydrogen-bond donors (Lipinski definition) is 0. The Morgan fingerprint density at radius 1 is 0.889 bits per heavy atom. The van der Waals surface area contributed by atoms with Crippen molar-refractivity contribution in [2.45, 2.75) is 20.8 Å². The minimum Gasteiger partial charge on any atom is -0.353 e. The predicted molar refractivity (Wildman–Crippen MR) is 111 cm³/mol. The molecule has 1 saturated heterocycles. The van der Waals surface area contributed by atoms with Crippen LogP contribution in [0.3, 0.4) is 0 Å². The first-order valence-corrected chi connectivity index (χ1v) is 9.51. The van der Waals surface area contributed by atoms with Crippen molar-refractivity contribution in [3.8, 4) is 0 Å². The molecule has 1 aliphatic heterocycles. The molecule has 0 atom stereocenters. The van der Waals surface area contributed by atoms with Crippen molar-refractivity contribution in [2.75, 3.05) is 31.1 Å². The Morgan fingerprint density at radius 3 is 2.30 bits per heavy atom. The molecule has 1 aliphatic rings. The first-order chi connectivity index (χ1) is 13.0. The summed E-state index contributed by atoms with van der Waals surface area (Å²) in [4.78, 5) is 21.9. The fourth-order valence-electron chi connectivity index (χ4n) is 3.92. The number of benzene rings is 2. The van der Waals surface area contributed by atoms with Crippen LogP contribution >= 0.6 is 0 Å². The number of aryl methyl sites for hydroxylation is 3. The fraction of sp³-hybridized carbons (Fsp3) is 0.304. The van der Waals surface area contributed by atoms with Crippen LogP contribution in [0.1, 0.15) is 27.0 Å². The summed E-state index contributed by atoms with van der Waals surface area (Å²) >= 11 is 0. The molecular weight excluding hydrogens is 334 g/mol. The van der Waals surface area contributed by atoms with Crippen LogP contribution in [0.2, 0.25) is 0 Å². The van der Waals surface area contributed by atoms with Crippen molar-refractivity contribution in [2.24, 2.45) is 0 Å². The zero-order valence-electron chi connectivity index (χ0n) is 16.2. The number of nitrogens with zero attached hydrogens (tertiary/aromatic N) is 3. The van der Waals surface area contributed by atoms with Crippen molar-refractivity contribution in [1.29, 1.82) is 0 Å². The van der Waals surface area contributed by atoms with Crippen molar-refractivity contribution in [3.05, 3.63) is 70.8 Å². The van der Waals surface area contributed by atoms with Crippen LogP contribution < -0.4 is 4.90 Å². The molecule has 1 amide bonds. The molecule has 0 saturated carbocycles. The summed E-state index contributed by atoms with van der Waals surface area (Å²) in [6.07, 6.45) is 0. The van der Waals surface area contributed by atoms with E-state index in [0.717, 1.165) is 43.1 Å². The smallest absolute Gasteiger partial charge is 0.253 e. The molecule has 4 nitrogen and oxygen atoms in total. The Bertz CT molecular complexity index is 989. The molecule has 1 aromatic heterocycles. The highest BCUT2D eigenvalue weighted by Gasteiger charge is 2.24. The summed E-state index contributed by atoms with van der Waals surface area (Å²) < 4.78 is 0. The van der Waals surface area contributed by atoms with E-state index in [9.17, 15) is 4.79 Å². The highest BCUT2D eigenvalue weighted by Crippen LogP contribution is 2.27. The van der Waals surface area contributed by atoms with E-state index in [4.69, 9.17) is 4.98 Å². The second kappa shape index (κ2) is 7.03. The van der Waals surface area contributed by atoms with Gasteiger partial charge in [-0.25, -0.2) is 4.98 Å². The first-order valence-electron chi connectivity index (χ1n) is 9.51. The highest BCUT2D eigenvalue weighted by atomic mass is 16.2. The van der Waals surface area contributed by atoms with Gasteiger partial charge in [0.1, 0.15) is 5.82 Å². The number of rotatable bonds is 2.